The molecule has 5 aromatic rings. The van der Waals surface area contributed by atoms with Crippen LogP contribution < -0.4 is 10.5 Å². The van der Waals surface area contributed by atoms with Crippen LogP contribution in [0.4, 0.5) is 10.2 Å². The average Bonchev–Trinajstić information content (AvgIpc) is 3.29. The maximum atomic E-state index is 12.4. The van der Waals surface area contributed by atoms with E-state index in [2.05, 4.69) is 9.97 Å². The number of fused-ring (bicyclic) bond motifs is 1. The molecule has 0 atom stereocenters. The molecule has 4 heterocycles. The van der Waals surface area contributed by atoms with Gasteiger partial charge in [-0.3, -0.25) is 9.55 Å². The predicted molar refractivity (Wildman–Crippen MR) is 134 cm³/mol. The van der Waals surface area contributed by atoms with E-state index in [-0.39, 0.29) is 6.61 Å². The lowest BCUT2D eigenvalue weighted by Gasteiger charge is -2.11. The summed E-state index contributed by atoms with van der Waals surface area (Å²) in [5, 5.41) is 9.42. The minimum atomic E-state index is -0.917. The summed E-state index contributed by atoms with van der Waals surface area (Å²) >= 11 is 0. The molecule has 8 nitrogen and oxygen atoms in total. The number of aromatic nitrogens is 5. The van der Waals surface area contributed by atoms with Gasteiger partial charge >= 0.3 is 0 Å². The van der Waals surface area contributed by atoms with Crippen LogP contribution in [0.2, 0.25) is 0 Å². The molecule has 0 saturated heterocycles. The Balaban J connectivity index is 0.00000141. The number of benzene rings is 1. The summed E-state index contributed by atoms with van der Waals surface area (Å²) in [4.78, 5) is 18.1. The lowest BCUT2D eigenvalue weighted by atomic mass is 10.2. The van der Waals surface area contributed by atoms with Crippen LogP contribution in [0.25, 0.3) is 39.6 Å². The van der Waals surface area contributed by atoms with Gasteiger partial charge in [-0.1, -0.05) is 26.0 Å². The fourth-order valence-corrected chi connectivity index (χ4v) is 3.56. The Hall–Kier alpha value is -4.37. The van der Waals surface area contributed by atoms with Crippen LogP contribution >= 0.6 is 0 Å². The van der Waals surface area contributed by atoms with Crippen LogP contribution in [0.1, 0.15) is 19.4 Å². The molecule has 0 bridgehead atoms. The molecule has 0 spiro atoms. The van der Waals surface area contributed by atoms with E-state index < -0.39 is 6.86 Å². The fourth-order valence-electron chi connectivity index (χ4n) is 3.56. The van der Waals surface area contributed by atoms with Crippen LogP contribution in [-0.2, 0) is 6.61 Å². The standard InChI is InChI=1S/C24H19FN6O2.C2H6/c25-14-33-17-7-8-19(28-12-17)20-9-10-21-24(29-20)31(16-5-3-15(13-32)4-6-16)23(30-21)18-2-1-11-27-22(18)26;1-2/h1-12,32H,13-14H2,(H2,26,27);1-2H3. The van der Waals surface area contributed by atoms with Crippen LogP contribution in [0.5, 0.6) is 5.75 Å². The number of pyridine rings is 3. The molecular weight excluding hydrogens is 447 g/mol. The van der Waals surface area contributed by atoms with E-state index in [0.29, 0.717) is 45.5 Å². The zero-order valence-corrected chi connectivity index (χ0v) is 19.4. The molecule has 35 heavy (non-hydrogen) atoms. The zero-order valence-electron chi connectivity index (χ0n) is 19.4. The number of ether oxygens (including phenoxy) is 1. The van der Waals surface area contributed by atoms with Gasteiger partial charge in [0, 0.05) is 11.9 Å². The number of anilines is 1. The van der Waals surface area contributed by atoms with Crippen molar-refractivity contribution in [3.8, 4) is 34.2 Å². The summed E-state index contributed by atoms with van der Waals surface area (Å²) in [6.45, 7) is 3.03. The second-order valence-electron chi connectivity index (χ2n) is 7.20. The van der Waals surface area contributed by atoms with Gasteiger partial charge in [0.25, 0.3) is 0 Å². The van der Waals surface area contributed by atoms with E-state index >= 15 is 0 Å². The van der Waals surface area contributed by atoms with E-state index in [1.165, 1.54) is 6.20 Å². The molecule has 0 aliphatic carbocycles. The third-order valence-corrected chi connectivity index (χ3v) is 5.18. The Bertz CT molecular complexity index is 1420. The number of halogens is 1. The van der Waals surface area contributed by atoms with Crippen molar-refractivity contribution in [2.24, 2.45) is 0 Å². The van der Waals surface area contributed by atoms with Crippen molar-refractivity contribution in [2.45, 2.75) is 20.5 Å². The smallest absolute Gasteiger partial charge is 0.228 e. The minimum Gasteiger partial charge on any atom is -0.461 e. The molecule has 0 saturated carbocycles. The van der Waals surface area contributed by atoms with Gasteiger partial charge in [-0.05, 0) is 54.1 Å². The van der Waals surface area contributed by atoms with E-state index in [1.807, 2.05) is 60.9 Å². The first-order valence-corrected chi connectivity index (χ1v) is 11.1. The lowest BCUT2D eigenvalue weighted by Crippen LogP contribution is -2.02. The number of alkyl halides is 1. The second-order valence-corrected chi connectivity index (χ2v) is 7.20. The molecule has 1 aromatic carbocycles. The lowest BCUT2D eigenvalue weighted by molar-refractivity contribution is 0.191. The van der Waals surface area contributed by atoms with E-state index in [9.17, 15) is 9.50 Å². The monoisotopic (exact) mass is 472 g/mol. The first-order valence-electron chi connectivity index (χ1n) is 11.1. The number of nitrogens with zero attached hydrogens (tertiary/aromatic N) is 5. The SMILES string of the molecule is CC.Nc1ncccc1-c1nc2ccc(-c3ccc(OCF)cn3)nc2n1-c1ccc(CO)cc1. The molecule has 3 N–H and O–H groups in total. The van der Waals surface area contributed by atoms with Crippen LogP contribution in [0.3, 0.4) is 0 Å². The van der Waals surface area contributed by atoms with Crippen LogP contribution in [0, 0.1) is 0 Å². The summed E-state index contributed by atoms with van der Waals surface area (Å²) in [5.41, 5.74) is 10.9. The molecule has 0 aliphatic heterocycles. The minimum absolute atomic E-state index is 0.0520. The van der Waals surface area contributed by atoms with Crippen LogP contribution in [-0.4, -0.2) is 36.5 Å². The first kappa shape index (κ1) is 23.8. The number of imidazole rings is 1. The molecule has 0 radical (unpaired) electrons. The molecule has 0 unspecified atom stereocenters. The Morgan fingerprint density at radius 2 is 1.71 bits per heavy atom. The highest BCUT2D eigenvalue weighted by Gasteiger charge is 2.19. The first-order chi connectivity index (χ1) is 17.2. The van der Waals surface area contributed by atoms with Gasteiger partial charge in [0.05, 0.1) is 29.8 Å². The molecular formula is C26H25FN6O2. The molecule has 5 rings (SSSR count). The van der Waals surface area contributed by atoms with Crippen molar-refractivity contribution in [1.29, 1.82) is 0 Å². The van der Waals surface area contributed by atoms with E-state index in [1.54, 1.807) is 24.4 Å². The number of hydrogen-bond donors (Lipinski definition) is 2. The normalized spacial score (nSPS) is 10.6. The average molecular weight is 473 g/mol. The number of nitrogen functional groups attached to an aromatic ring is 1. The van der Waals surface area contributed by atoms with E-state index in [0.717, 1.165) is 11.3 Å². The van der Waals surface area contributed by atoms with Gasteiger partial charge < -0.3 is 15.6 Å². The number of aliphatic hydroxyl groups is 1. The quantitative estimate of drug-likeness (QED) is 0.359. The van der Waals surface area contributed by atoms with Gasteiger partial charge in [-0.15, -0.1) is 0 Å². The number of aliphatic hydroxyl groups excluding tert-OH is 1. The predicted octanol–water partition coefficient (Wildman–Crippen LogP) is 4.95. The molecule has 9 heteroatoms. The summed E-state index contributed by atoms with van der Waals surface area (Å²) in [5.74, 6) is 1.29. The highest BCUT2D eigenvalue weighted by atomic mass is 19.1. The number of hydrogen-bond acceptors (Lipinski definition) is 7. The Labute approximate surface area is 201 Å². The Kier molecular flexibility index (Phi) is 7.27. The third kappa shape index (κ3) is 4.80. The van der Waals surface area contributed by atoms with Crippen molar-refractivity contribution < 1.29 is 14.2 Å². The van der Waals surface area contributed by atoms with Gasteiger partial charge in [0.1, 0.15) is 17.1 Å². The van der Waals surface area contributed by atoms with Crippen molar-refractivity contribution in [2.75, 3.05) is 12.6 Å². The summed E-state index contributed by atoms with van der Waals surface area (Å²) in [6, 6.07) is 18.2. The van der Waals surface area contributed by atoms with Gasteiger partial charge in [-0.2, -0.15) is 0 Å². The molecule has 0 fully saturated rings. The van der Waals surface area contributed by atoms with Crippen molar-refractivity contribution in [3.05, 3.63) is 78.6 Å². The topological polar surface area (TPSA) is 112 Å². The number of rotatable bonds is 6. The second kappa shape index (κ2) is 10.7. The van der Waals surface area contributed by atoms with Gasteiger partial charge in [0.15, 0.2) is 11.5 Å². The molecule has 178 valence electrons. The molecule has 4 aromatic heterocycles. The third-order valence-electron chi connectivity index (χ3n) is 5.18. The van der Waals surface area contributed by atoms with Crippen LogP contribution in [0.15, 0.2) is 73.1 Å². The Morgan fingerprint density at radius 3 is 2.37 bits per heavy atom. The highest BCUT2D eigenvalue weighted by Crippen LogP contribution is 2.31. The highest BCUT2D eigenvalue weighted by molar-refractivity contribution is 5.84. The maximum absolute atomic E-state index is 12.4. The molecule has 0 aliphatic rings. The van der Waals surface area contributed by atoms with E-state index in [4.69, 9.17) is 20.4 Å². The largest absolute Gasteiger partial charge is 0.461 e. The summed E-state index contributed by atoms with van der Waals surface area (Å²) in [7, 11) is 0. The zero-order chi connectivity index (χ0) is 24.8. The summed E-state index contributed by atoms with van der Waals surface area (Å²) in [6.07, 6.45) is 3.08. The van der Waals surface area contributed by atoms with Crippen molar-refractivity contribution in [1.82, 2.24) is 24.5 Å². The molecule has 0 amide bonds. The Morgan fingerprint density at radius 1 is 0.943 bits per heavy atom. The maximum Gasteiger partial charge on any atom is 0.228 e. The summed E-state index contributed by atoms with van der Waals surface area (Å²) < 4.78 is 19.1. The van der Waals surface area contributed by atoms with Crippen molar-refractivity contribution >= 4 is 17.0 Å². The number of nitrogens with two attached hydrogens (primary N) is 1. The van der Waals surface area contributed by atoms with Gasteiger partial charge in [-0.25, -0.2) is 19.3 Å². The van der Waals surface area contributed by atoms with Crippen molar-refractivity contribution in [3.63, 3.8) is 0 Å². The fraction of sp³-hybridized carbons (Fsp3) is 0.154. The van der Waals surface area contributed by atoms with Gasteiger partial charge in [0.2, 0.25) is 6.86 Å².